The van der Waals surface area contributed by atoms with E-state index in [1.807, 2.05) is 17.0 Å². The van der Waals surface area contributed by atoms with Crippen LogP contribution in [-0.4, -0.2) is 60.9 Å². The Balaban J connectivity index is 1.42. The number of carbonyl (C=O) groups excluding carboxylic acids is 2. The smallest absolute Gasteiger partial charge is 0.255 e. The molecule has 1 aliphatic carbocycles. The van der Waals surface area contributed by atoms with E-state index >= 15 is 0 Å². The van der Waals surface area contributed by atoms with Crippen molar-refractivity contribution in [2.45, 2.75) is 38.5 Å². The molecule has 6 heteroatoms. The second-order valence-electron chi connectivity index (χ2n) is 7.61. The molecule has 2 aliphatic rings. The minimum Gasteiger partial charge on any atom is -0.355 e. The van der Waals surface area contributed by atoms with Crippen molar-refractivity contribution in [3.63, 3.8) is 0 Å². The van der Waals surface area contributed by atoms with Gasteiger partial charge in [0.15, 0.2) is 0 Å². The van der Waals surface area contributed by atoms with Crippen LogP contribution in [0.1, 0.15) is 48.9 Å². The quantitative estimate of drug-likeness (QED) is 0.739. The third-order valence-electron chi connectivity index (χ3n) is 5.50. The number of nitrogens with zero attached hydrogens (tertiary/aromatic N) is 2. The molecule has 2 amide bonds. The standard InChI is InChI=1S/C22H30ClN3O2/c23-20-10-5-4-9-19(20)22(28)26-14-6-13-25(15-16-26)17-21(27)24-12-11-18-7-2-1-3-8-18/h4-5,7,9-10H,1-3,6,8,11-17H2,(H,24,27). The molecule has 0 unspecified atom stereocenters. The van der Waals surface area contributed by atoms with E-state index < -0.39 is 0 Å². The third-order valence-corrected chi connectivity index (χ3v) is 5.83. The Morgan fingerprint density at radius 2 is 1.89 bits per heavy atom. The Bertz CT molecular complexity index is 719. The van der Waals surface area contributed by atoms with E-state index in [2.05, 4.69) is 16.3 Å². The van der Waals surface area contributed by atoms with E-state index in [-0.39, 0.29) is 11.8 Å². The number of hydrogen-bond donors (Lipinski definition) is 1. The molecule has 1 fully saturated rings. The van der Waals surface area contributed by atoms with E-state index in [1.165, 1.54) is 31.3 Å². The molecule has 0 atom stereocenters. The van der Waals surface area contributed by atoms with Crippen LogP contribution in [0.5, 0.6) is 0 Å². The van der Waals surface area contributed by atoms with Gasteiger partial charge in [-0.1, -0.05) is 35.4 Å². The van der Waals surface area contributed by atoms with Gasteiger partial charge in [-0.2, -0.15) is 0 Å². The zero-order valence-corrected chi connectivity index (χ0v) is 17.2. The van der Waals surface area contributed by atoms with Crippen LogP contribution in [0.2, 0.25) is 5.02 Å². The fourth-order valence-electron chi connectivity index (χ4n) is 3.89. The van der Waals surface area contributed by atoms with E-state index in [4.69, 9.17) is 11.6 Å². The Morgan fingerprint density at radius 3 is 2.68 bits per heavy atom. The summed E-state index contributed by atoms with van der Waals surface area (Å²) in [6, 6.07) is 7.17. The molecule has 5 nitrogen and oxygen atoms in total. The average Bonchev–Trinajstić information content (AvgIpc) is 2.94. The SMILES string of the molecule is O=C(CN1CCCN(C(=O)c2ccccc2Cl)CC1)NCCC1=CCCCC1. The van der Waals surface area contributed by atoms with E-state index in [0.29, 0.717) is 36.8 Å². The van der Waals surface area contributed by atoms with Gasteiger partial charge in [0.25, 0.3) is 5.91 Å². The number of halogens is 1. The summed E-state index contributed by atoms with van der Waals surface area (Å²) >= 11 is 6.17. The molecule has 3 rings (SSSR count). The van der Waals surface area contributed by atoms with Gasteiger partial charge in [-0.05, 0) is 50.7 Å². The molecule has 0 spiro atoms. The first-order valence-corrected chi connectivity index (χ1v) is 10.7. The van der Waals surface area contributed by atoms with Crippen LogP contribution in [0, 0.1) is 0 Å². The van der Waals surface area contributed by atoms with Gasteiger partial charge in [0.2, 0.25) is 5.91 Å². The predicted molar refractivity (Wildman–Crippen MR) is 113 cm³/mol. The fraction of sp³-hybridized carbons (Fsp3) is 0.545. The summed E-state index contributed by atoms with van der Waals surface area (Å²) < 4.78 is 0. The Hall–Kier alpha value is -1.85. The molecular formula is C22H30ClN3O2. The van der Waals surface area contributed by atoms with Crippen molar-refractivity contribution in [3.8, 4) is 0 Å². The lowest BCUT2D eigenvalue weighted by Gasteiger charge is -2.22. The summed E-state index contributed by atoms with van der Waals surface area (Å²) in [4.78, 5) is 29.0. The molecule has 1 aliphatic heterocycles. The van der Waals surface area contributed by atoms with Crippen LogP contribution in [0.15, 0.2) is 35.9 Å². The molecule has 1 heterocycles. The molecule has 0 bridgehead atoms. The molecule has 1 N–H and O–H groups in total. The van der Waals surface area contributed by atoms with Crippen LogP contribution >= 0.6 is 11.6 Å². The molecule has 0 radical (unpaired) electrons. The number of rotatable bonds is 6. The highest BCUT2D eigenvalue weighted by molar-refractivity contribution is 6.33. The summed E-state index contributed by atoms with van der Waals surface area (Å²) in [5.41, 5.74) is 2.03. The van der Waals surface area contributed by atoms with E-state index in [9.17, 15) is 9.59 Å². The zero-order valence-electron chi connectivity index (χ0n) is 16.5. The number of carbonyl (C=O) groups is 2. The second kappa shape index (κ2) is 10.6. The van der Waals surface area contributed by atoms with Crippen molar-refractivity contribution < 1.29 is 9.59 Å². The van der Waals surface area contributed by atoms with Crippen LogP contribution < -0.4 is 5.32 Å². The van der Waals surface area contributed by atoms with Crippen LogP contribution in [0.25, 0.3) is 0 Å². The van der Waals surface area contributed by atoms with Gasteiger partial charge in [0, 0.05) is 32.7 Å². The minimum atomic E-state index is -0.0299. The summed E-state index contributed by atoms with van der Waals surface area (Å²) in [7, 11) is 0. The minimum absolute atomic E-state index is 0.0299. The summed E-state index contributed by atoms with van der Waals surface area (Å²) in [6.45, 7) is 3.95. The molecule has 0 saturated carbocycles. The number of nitrogens with one attached hydrogen (secondary N) is 1. The fourth-order valence-corrected chi connectivity index (χ4v) is 4.11. The molecule has 1 aromatic carbocycles. The average molecular weight is 404 g/mol. The Labute approximate surface area is 172 Å². The van der Waals surface area contributed by atoms with Gasteiger partial charge in [-0.3, -0.25) is 14.5 Å². The van der Waals surface area contributed by atoms with Gasteiger partial charge in [0.05, 0.1) is 17.1 Å². The van der Waals surface area contributed by atoms with Gasteiger partial charge >= 0.3 is 0 Å². The van der Waals surface area contributed by atoms with Gasteiger partial charge < -0.3 is 10.2 Å². The van der Waals surface area contributed by atoms with E-state index in [1.54, 1.807) is 12.1 Å². The van der Waals surface area contributed by atoms with Crippen molar-refractivity contribution in [1.82, 2.24) is 15.1 Å². The number of hydrogen-bond acceptors (Lipinski definition) is 3. The van der Waals surface area contributed by atoms with Crippen molar-refractivity contribution in [2.75, 3.05) is 39.3 Å². The summed E-state index contributed by atoms with van der Waals surface area (Å²) in [5.74, 6) is 0.0416. The third kappa shape index (κ3) is 6.08. The molecule has 28 heavy (non-hydrogen) atoms. The molecular weight excluding hydrogens is 374 g/mol. The monoisotopic (exact) mass is 403 g/mol. The van der Waals surface area contributed by atoms with Gasteiger partial charge in [0.1, 0.15) is 0 Å². The molecule has 1 saturated heterocycles. The summed E-state index contributed by atoms with van der Waals surface area (Å²) in [6.07, 6.45) is 9.08. The maximum absolute atomic E-state index is 12.7. The molecule has 0 aromatic heterocycles. The first-order valence-electron chi connectivity index (χ1n) is 10.3. The number of benzene rings is 1. The van der Waals surface area contributed by atoms with E-state index in [0.717, 1.165) is 25.9 Å². The maximum Gasteiger partial charge on any atom is 0.255 e. The van der Waals surface area contributed by atoms with Crippen LogP contribution in [0.4, 0.5) is 0 Å². The van der Waals surface area contributed by atoms with Crippen molar-refractivity contribution in [3.05, 3.63) is 46.5 Å². The maximum atomic E-state index is 12.7. The first kappa shape index (κ1) is 20.9. The molecule has 1 aromatic rings. The zero-order chi connectivity index (χ0) is 19.8. The normalized spacial score (nSPS) is 18.3. The van der Waals surface area contributed by atoms with Crippen molar-refractivity contribution in [2.24, 2.45) is 0 Å². The highest BCUT2D eigenvalue weighted by atomic mass is 35.5. The second-order valence-corrected chi connectivity index (χ2v) is 8.02. The lowest BCUT2D eigenvalue weighted by atomic mass is 9.97. The lowest BCUT2D eigenvalue weighted by molar-refractivity contribution is -0.122. The van der Waals surface area contributed by atoms with Crippen LogP contribution in [0.3, 0.4) is 0 Å². The number of amides is 2. The first-order chi connectivity index (χ1) is 13.6. The topological polar surface area (TPSA) is 52.7 Å². The Kier molecular flexibility index (Phi) is 7.92. The van der Waals surface area contributed by atoms with Gasteiger partial charge in [-0.25, -0.2) is 0 Å². The van der Waals surface area contributed by atoms with Crippen molar-refractivity contribution in [1.29, 1.82) is 0 Å². The van der Waals surface area contributed by atoms with Gasteiger partial charge in [-0.15, -0.1) is 0 Å². The summed E-state index contributed by atoms with van der Waals surface area (Å²) in [5, 5.41) is 3.53. The molecule has 152 valence electrons. The highest BCUT2D eigenvalue weighted by Gasteiger charge is 2.22. The predicted octanol–water partition coefficient (Wildman–Crippen LogP) is 3.49. The van der Waals surface area contributed by atoms with Crippen LogP contribution in [-0.2, 0) is 4.79 Å². The van der Waals surface area contributed by atoms with Crippen molar-refractivity contribution >= 4 is 23.4 Å². The highest BCUT2D eigenvalue weighted by Crippen LogP contribution is 2.20. The Morgan fingerprint density at radius 1 is 1.04 bits per heavy atom. The largest absolute Gasteiger partial charge is 0.355 e. The number of allylic oxidation sites excluding steroid dienone is 1. The lowest BCUT2D eigenvalue weighted by Crippen LogP contribution is -2.40.